The molecule has 1 N–H and O–H groups in total. The first-order valence-electron chi connectivity index (χ1n) is 5.83. The molecular weight excluding hydrogens is 184 g/mol. The highest BCUT2D eigenvalue weighted by molar-refractivity contribution is 5.22. The zero-order chi connectivity index (χ0) is 12.1. The number of rotatable bonds is 3. The third-order valence-electron chi connectivity index (χ3n) is 1.90. The van der Waals surface area contributed by atoms with Crippen molar-refractivity contribution in [3.8, 4) is 0 Å². The molecule has 1 heteroatoms. The highest BCUT2D eigenvalue weighted by Crippen LogP contribution is 2.07. The summed E-state index contributed by atoms with van der Waals surface area (Å²) in [7, 11) is 1.00. The lowest BCUT2D eigenvalue weighted by Crippen LogP contribution is -1.84. The highest BCUT2D eigenvalue weighted by atomic mass is 16.2. The number of aliphatic hydroxyl groups is 1. The number of aryl methyl sites for hydroxylation is 2. The second-order valence-corrected chi connectivity index (χ2v) is 3.09. The molecule has 0 spiro atoms. The van der Waals surface area contributed by atoms with Crippen molar-refractivity contribution in [1.29, 1.82) is 0 Å². The second-order valence-electron chi connectivity index (χ2n) is 3.09. The number of hydrogen-bond donors (Lipinski definition) is 1. The van der Waals surface area contributed by atoms with E-state index in [2.05, 4.69) is 38.1 Å². The first kappa shape index (κ1) is 16.6. The summed E-state index contributed by atoms with van der Waals surface area (Å²) in [4.78, 5) is 0. The Bertz CT molecular complexity index is 218. The van der Waals surface area contributed by atoms with Gasteiger partial charge in [-0.1, -0.05) is 57.0 Å². The molecule has 1 aromatic rings. The summed E-state index contributed by atoms with van der Waals surface area (Å²) in [6.45, 7) is 8.38. The van der Waals surface area contributed by atoms with Crippen molar-refractivity contribution in [2.45, 2.75) is 47.0 Å². The van der Waals surface area contributed by atoms with E-state index in [1.165, 1.54) is 30.4 Å². The molecule has 0 aliphatic carbocycles. The van der Waals surface area contributed by atoms with Crippen LogP contribution in [0.3, 0.4) is 0 Å². The summed E-state index contributed by atoms with van der Waals surface area (Å²) >= 11 is 0. The summed E-state index contributed by atoms with van der Waals surface area (Å²) in [5.41, 5.74) is 2.85. The average molecular weight is 210 g/mol. The first-order chi connectivity index (χ1) is 7.33. The van der Waals surface area contributed by atoms with Crippen LogP contribution >= 0.6 is 0 Å². The molecule has 0 unspecified atom stereocenters. The van der Waals surface area contributed by atoms with E-state index in [1.807, 2.05) is 13.8 Å². The van der Waals surface area contributed by atoms with Gasteiger partial charge < -0.3 is 5.11 Å². The molecule has 1 rings (SSSR count). The van der Waals surface area contributed by atoms with Crippen molar-refractivity contribution in [3.05, 3.63) is 35.4 Å². The zero-order valence-corrected chi connectivity index (χ0v) is 10.9. The summed E-state index contributed by atoms with van der Waals surface area (Å²) < 4.78 is 0. The monoisotopic (exact) mass is 210 g/mol. The maximum atomic E-state index is 7.00. The second kappa shape index (κ2) is 13.2. The molecule has 88 valence electrons. The van der Waals surface area contributed by atoms with Crippen LogP contribution in [0.25, 0.3) is 0 Å². The minimum Gasteiger partial charge on any atom is -0.400 e. The van der Waals surface area contributed by atoms with Gasteiger partial charge in [-0.2, -0.15) is 0 Å². The van der Waals surface area contributed by atoms with E-state index in [0.29, 0.717) is 0 Å². The molecular formula is C14H26O. The summed E-state index contributed by atoms with van der Waals surface area (Å²) in [5, 5.41) is 7.00. The molecule has 0 aromatic heterocycles. The molecule has 1 nitrogen and oxygen atoms in total. The van der Waals surface area contributed by atoms with Crippen LogP contribution in [-0.2, 0) is 6.42 Å². The lowest BCUT2D eigenvalue weighted by molar-refractivity contribution is 0.399. The number of aliphatic hydroxyl groups excluding tert-OH is 1. The average Bonchev–Trinajstić information content (AvgIpc) is 2.32. The largest absolute Gasteiger partial charge is 0.400 e. The lowest BCUT2D eigenvalue weighted by Gasteiger charge is -1.99. The molecule has 0 saturated heterocycles. The van der Waals surface area contributed by atoms with Gasteiger partial charge in [0, 0.05) is 7.11 Å². The molecule has 0 atom stereocenters. The Morgan fingerprint density at radius 2 is 1.73 bits per heavy atom. The fraction of sp³-hybridized carbons (Fsp3) is 0.571. The smallest absolute Gasteiger partial charge is 0.0319 e. The Balaban J connectivity index is 0. The van der Waals surface area contributed by atoms with E-state index >= 15 is 0 Å². The molecule has 0 bridgehead atoms. The Hall–Kier alpha value is -0.820. The first-order valence-corrected chi connectivity index (χ1v) is 5.83. The third kappa shape index (κ3) is 9.48. The van der Waals surface area contributed by atoms with Gasteiger partial charge in [-0.15, -0.1) is 0 Å². The van der Waals surface area contributed by atoms with Crippen molar-refractivity contribution in [2.75, 3.05) is 7.11 Å². The van der Waals surface area contributed by atoms with Crippen molar-refractivity contribution >= 4 is 0 Å². The minimum absolute atomic E-state index is 1.00. The summed E-state index contributed by atoms with van der Waals surface area (Å²) in [6, 6.07) is 8.77. The van der Waals surface area contributed by atoms with Gasteiger partial charge in [0.1, 0.15) is 0 Å². The standard InChI is InChI=1S/C11H16.C2H6.CH4O/c1-3-4-7-11-8-5-6-10(2)9-11;2*1-2/h5-6,8-9H,3-4,7H2,1-2H3;1-2H3;2H,1H3. The van der Waals surface area contributed by atoms with Gasteiger partial charge in [-0.05, 0) is 25.3 Å². The molecule has 0 saturated carbocycles. The van der Waals surface area contributed by atoms with Crippen molar-refractivity contribution in [1.82, 2.24) is 0 Å². The molecule has 15 heavy (non-hydrogen) atoms. The van der Waals surface area contributed by atoms with Gasteiger partial charge in [0.25, 0.3) is 0 Å². The lowest BCUT2D eigenvalue weighted by atomic mass is 10.1. The van der Waals surface area contributed by atoms with E-state index < -0.39 is 0 Å². The number of hydrogen-bond acceptors (Lipinski definition) is 1. The Labute approximate surface area is 95.2 Å². The predicted molar refractivity (Wildman–Crippen MR) is 69.3 cm³/mol. The molecule has 0 aliphatic rings. The minimum atomic E-state index is 1.00. The maximum absolute atomic E-state index is 7.00. The highest BCUT2D eigenvalue weighted by Gasteiger charge is 1.90. The van der Waals surface area contributed by atoms with Gasteiger partial charge >= 0.3 is 0 Å². The van der Waals surface area contributed by atoms with Gasteiger partial charge in [-0.25, -0.2) is 0 Å². The molecule has 0 fully saturated rings. The third-order valence-corrected chi connectivity index (χ3v) is 1.90. The zero-order valence-electron chi connectivity index (χ0n) is 10.9. The Kier molecular flexibility index (Phi) is 14.6. The van der Waals surface area contributed by atoms with Gasteiger partial charge in [-0.3, -0.25) is 0 Å². The van der Waals surface area contributed by atoms with Crippen LogP contribution in [0, 0.1) is 6.92 Å². The van der Waals surface area contributed by atoms with E-state index in [-0.39, 0.29) is 0 Å². The molecule has 0 aliphatic heterocycles. The van der Waals surface area contributed by atoms with Crippen LogP contribution < -0.4 is 0 Å². The maximum Gasteiger partial charge on any atom is 0.0319 e. The topological polar surface area (TPSA) is 20.2 Å². The van der Waals surface area contributed by atoms with Crippen LogP contribution in [0.1, 0.15) is 44.7 Å². The van der Waals surface area contributed by atoms with Crippen molar-refractivity contribution < 1.29 is 5.11 Å². The van der Waals surface area contributed by atoms with E-state index in [1.54, 1.807) is 0 Å². The van der Waals surface area contributed by atoms with Crippen molar-refractivity contribution in [2.24, 2.45) is 0 Å². The summed E-state index contributed by atoms with van der Waals surface area (Å²) in [6.07, 6.45) is 3.83. The van der Waals surface area contributed by atoms with Gasteiger partial charge in [0.2, 0.25) is 0 Å². The SMILES string of the molecule is CC.CCCCc1cccc(C)c1.CO. The fourth-order valence-corrected chi connectivity index (χ4v) is 1.25. The molecule has 0 radical (unpaired) electrons. The number of unbranched alkanes of at least 4 members (excludes halogenated alkanes) is 1. The van der Waals surface area contributed by atoms with Gasteiger partial charge in [0.15, 0.2) is 0 Å². The van der Waals surface area contributed by atoms with Crippen LogP contribution in [0.5, 0.6) is 0 Å². The van der Waals surface area contributed by atoms with Crippen LogP contribution in [0.15, 0.2) is 24.3 Å². The normalized spacial score (nSPS) is 8.13. The van der Waals surface area contributed by atoms with Crippen molar-refractivity contribution in [3.63, 3.8) is 0 Å². The van der Waals surface area contributed by atoms with Gasteiger partial charge in [0.05, 0.1) is 0 Å². The fourth-order valence-electron chi connectivity index (χ4n) is 1.25. The Morgan fingerprint density at radius 3 is 2.20 bits per heavy atom. The molecule has 0 amide bonds. The molecule has 0 heterocycles. The van der Waals surface area contributed by atoms with E-state index in [0.717, 1.165) is 7.11 Å². The summed E-state index contributed by atoms with van der Waals surface area (Å²) in [5.74, 6) is 0. The van der Waals surface area contributed by atoms with Crippen LogP contribution in [-0.4, -0.2) is 12.2 Å². The quantitative estimate of drug-likeness (QED) is 0.800. The Morgan fingerprint density at radius 1 is 1.13 bits per heavy atom. The molecule has 1 aromatic carbocycles. The van der Waals surface area contributed by atoms with Crippen LogP contribution in [0.4, 0.5) is 0 Å². The van der Waals surface area contributed by atoms with E-state index in [9.17, 15) is 0 Å². The number of benzene rings is 1. The predicted octanol–water partition coefficient (Wildman–Crippen LogP) is 3.97. The van der Waals surface area contributed by atoms with E-state index in [4.69, 9.17) is 5.11 Å². The van der Waals surface area contributed by atoms with Crippen LogP contribution in [0.2, 0.25) is 0 Å².